The zero-order valence-corrected chi connectivity index (χ0v) is 32.6. The maximum absolute atomic E-state index is 6.77. The summed E-state index contributed by atoms with van der Waals surface area (Å²) in [5.41, 5.74) is 14.3. The molecule has 282 valence electrons. The van der Waals surface area contributed by atoms with Crippen molar-refractivity contribution in [3.63, 3.8) is 0 Å². The Morgan fingerprint density at radius 3 is 1.42 bits per heavy atom. The van der Waals surface area contributed by atoms with Crippen LogP contribution in [0, 0.1) is 0 Å². The molecule has 11 rings (SSSR count). The van der Waals surface area contributed by atoms with Gasteiger partial charge in [0.15, 0.2) is 5.82 Å². The van der Waals surface area contributed by atoms with E-state index in [4.69, 9.17) is 14.4 Å². The minimum Gasteiger partial charge on any atom is -0.455 e. The molecule has 9 aromatic carbocycles. The molecule has 2 heterocycles. The van der Waals surface area contributed by atoms with Crippen molar-refractivity contribution >= 4 is 49.8 Å². The average Bonchev–Trinajstić information content (AvgIpc) is 3.72. The third-order valence-electron chi connectivity index (χ3n) is 11.3. The Balaban J connectivity index is 1.05. The molecule has 0 atom stereocenters. The second-order valence-electron chi connectivity index (χ2n) is 15.0. The number of fused-ring (bicyclic) bond motifs is 5. The third kappa shape index (κ3) is 6.37. The summed E-state index contributed by atoms with van der Waals surface area (Å²) in [6.07, 6.45) is 0. The Kier molecular flexibility index (Phi) is 8.79. The van der Waals surface area contributed by atoms with Crippen molar-refractivity contribution in [2.45, 2.75) is 0 Å². The lowest BCUT2D eigenvalue weighted by Gasteiger charge is -2.26. The lowest BCUT2D eigenvalue weighted by Crippen LogP contribution is -2.09. The summed E-state index contributed by atoms with van der Waals surface area (Å²) < 4.78 is 6.77. The first-order valence-corrected chi connectivity index (χ1v) is 20.2. The van der Waals surface area contributed by atoms with Crippen molar-refractivity contribution in [1.29, 1.82) is 0 Å². The van der Waals surface area contributed by atoms with Crippen molar-refractivity contribution in [3.05, 3.63) is 224 Å². The van der Waals surface area contributed by atoms with Gasteiger partial charge in [-0.3, -0.25) is 0 Å². The van der Waals surface area contributed by atoms with Crippen LogP contribution in [0.3, 0.4) is 0 Å². The van der Waals surface area contributed by atoms with Gasteiger partial charge in [-0.2, -0.15) is 0 Å². The molecule has 4 nitrogen and oxygen atoms in total. The summed E-state index contributed by atoms with van der Waals surface area (Å²) in [4.78, 5) is 12.8. The number of anilines is 3. The smallest absolute Gasteiger partial charge is 0.161 e. The molecule has 0 fully saturated rings. The van der Waals surface area contributed by atoms with E-state index in [1.54, 1.807) is 0 Å². The molecule has 0 amide bonds. The van der Waals surface area contributed by atoms with Gasteiger partial charge >= 0.3 is 0 Å². The fraction of sp³-hybridized carbons (Fsp3) is 0. The third-order valence-corrected chi connectivity index (χ3v) is 11.3. The SMILES string of the molecule is c1ccc(-c2ccc(N(c3ccccc3)c3ccc(-c4cccc5oc6c7ccccc7c(-c7nc(-c8ccccc8)cc(-c8ccccc8)n7)cc6c45)cc3)cc2)cc1. The van der Waals surface area contributed by atoms with Gasteiger partial charge in [-0.15, -0.1) is 0 Å². The first-order chi connectivity index (χ1) is 29.7. The Labute approximate surface area is 348 Å². The van der Waals surface area contributed by atoms with E-state index in [1.165, 1.54) is 11.1 Å². The zero-order chi connectivity index (χ0) is 39.8. The molecule has 0 spiro atoms. The highest BCUT2D eigenvalue weighted by atomic mass is 16.3. The number of hydrogen-bond acceptors (Lipinski definition) is 4. The summed E-state index contributed by atoms with van der Waals surface area (Å²) in [5, 5.41) is 4.15. The van der Waals surface area contributed by atoms with Crippen LogP contribution in [0.5, 0.6) is 0 Å². The van der Waals surface area contributed by atoms with E-state index in [0.29, 0.717) is 5.82 Å². The number of nitrogens with zero attached hydrogens (tertiary/aromatic N) is 3. The molecule has 11 aromatic rings. The molecule has 0 saturated heterocycles. The van der Waals surface area contributed by atoms with Gasteiger partial charge in [0.1, 0.15) is 11.2 Å². The second-order valence-corrected chi connectivity index (χ2v) is 15.0. The molecule has 4 heteroatoms. The Morgan fingerprint density at radius 1 is 0.333 bits per heavy atom. The molecule has 0 aliphatic carbocycles. The first kappa shape index (κ1) is 35.1. The molecule has 60 heavy (non-hydrogen) atoms. The van der Waals surface area contributed by atoms with E-state index in [0.717, 1.165) is 89.0 Å². The Hall–Kier alpha value is -8.08. The number of furan rings is 1. The van der Waals surface area contributed by atoms with Crippen LogP contribution in [0.2, 0.25) is 0 Å². The van der Waals surface area contributed by atoms with Crippen molar-refractivity contribution in [2.75, 3.05) is 4.90 Å². The van der Waals surface area contributed by atoms with Crippen molar-refractivity contribution < 1.29 is 4.42 Å². The lowest BCUT2D eigenvalue weighted by molar-refractivity contribution is 0.673. The standard InChI is InChI=1S/C56H37N3O/c1-5-16-38(17-6-1)39-28-32-44(33-29-39)59(43-22-11-4-12-23-43)45-34-30-40(31-35-45)46-26-15-27-53-54(46)50-36-49(47-24-13-14-25-48(47)55(50)60-53)56-57-51(41-18-7-2-8-19-41)37-52(58-56)42-20-9-3-10-21-42/h1-37H. The van der Waals surface area contributed by atoms with Crippen LogP contribution < -0.4 is 4.90 Å². The van der Waals surface area contributed by atoms with Crippen LogP contribution in [0.1, 0.15) is 0 Å². The monoisotopic (exact) mass is 767 g/mol. The van der Waals surface area contributed by atoms with E-state index < -0.39 is 0 Å². The highest BCUT2D eigenvalue weighted by Crippen LogP contribution is 2.44. The van der Waals surface area contributed by atoms with Gasteiger partial charge in [0, 0.05) is 49.9 Å². The molecule has 0 unspecified atom stereocenters. The Morgan fingerprint density at radius 2 is 0.817 bits per heavy atom. The molecule has 0 aliphatic rings. The minimum atomic E-state index is 0.669. The van der Waals surface area contributed by atoms with Gasteiger partial charge in [0.05, 0.1) is 11.4 Å². The summed E-state index contributed by atoms with van der Waals surface area (Å²) in [7, 11) is 0. The van der Waals surface area contributed by atoms with Gasteiger partial charge in [0.25, 0.3) is 0 Å². The number of aromatic nitrogens is 2. The molecule has 2 aromatic heterocycles. The summed E-state index contributed by atoms with van der Waals surface area (Å²) >= 11 is 0. The largest absolute Gasteiger partial charge is 0.455 e. The molecular weight excluding hydrogens is 731 g/mol. The maximum atomic E-state index is 6.77. The van der Waals surface area contributed by atoms with Gasteiger partial charge in [-0.25, -0.2) is 9.97 Å². The topological polar surface area (TPSA) is 42.2 Å². The Bertz CT molecular complexity index is 3210. The molecule has 0 bridgehead atoms. The van der Waals surface area contributed by atoms with Crippen LogP contribution in [0.4, 0.5) is 17.1 Å². The van der Waals surface area contributed by atoms with Crippen LogP contribution >= 0.6 is 0 Å². The van der Waals surface area contributed by atoms with Crippen LogP contribution in [-0.2, 0) is 0 Å². The predicted molar refractivity (Wildman–Crippen MR) is 249 cm³/mol. The zero-order valence-electron chi connectivity index (χ0n) is 32.6. The normalized spacial score (nSPS) is 11.3. The fourth-order valence-corrected chi connectivity index (χ4v) is 8.40. The number of benzene rings is 9. The van der Waals surface area contributed by atoms with Crippen molar-refractivity contribution in [2.24, 2.45) is 0 Å². The van der Waals surface area contributed by atoms with E-state index in [2.05, 4.69) is 217 Å². The quantitative estimate of drug-likeness (QED) is 0.154. The van der Waals surface area contributed by atoms with Crippen LogP contribution in [0.15, 0.2) is 229 Å². The molecule has 0 saturated carbocycles. The fourth-order valence-electron chi connectivity index (χ4n) is 8.40. The highest BCUT2D eigenvalue weighted by Gasteiger charge is 2.21. The van der Waals surface area contributed by atoms with E-state index in [-0.39, 0.29) is 0 Å². The predicted octanol–water partition coefficient (Wildman–Crippen LogP) is 15.3. The average molecular weight is 768 g/mol. The van der Waals surface area contributed by atoms with Gasteiger partial charge < -0.3 is 9.32 Å². The van der Waals surface area contributed by atoms with Gasteiger partial charge in [0.2, 0.25) is 0 Å². The van der Waals surface area contributed by atoms with Crippen LogP contribution in [0.25, 0.3) is 88.9 Å². The number of rotatable bonds is 8. The van der Waals surface area contributed by atoms with E-state index in [1.807, 2.05) is 12.1 Å². The highest BCUT2D eigenvalue weighted by molar-refractivity contribution is 6.22. The molecule has 0 radical (unpaired) electrons. The van der Waals surface area contributed by atoms with Gasteiger partial charge in [-0.1, -0.05) is 170 Å². The summed E-state index contributed by atoms with van der Waals surface area (Å²) in [5.74, 6) is 0.669. The van der Waals surface area contributed by atoms with Crippen molar-refractivity contribution in [3.8, 4) is 56.2 Å². The van der Waals surface area contributed by atoms with E-state index >= 15 is 0 Å². The number of hydrogen-bond donors (Lipinski definition) is 0. The lowest BCUT2D eigenvalue weighted by atomic mass is 9.95. The molecular formula is C56H37N3O. The first-order valence-electron chi connectivity index (χ1n) is 20.2. The summed E-state index contributed by atoms with van der Waals surface area (Å²) in [6.45, 7) is 0. The second kappa shape index (κ2) is 15.0. The van der Waals surface area contributed by atoms with Crippen LogP contribution in [-0.4, -0.2) is 9.97 Å². The molecule has 0 N–H and O–H groups in total. The summed E-state index contributed by atoms with van der Waals surface area (Å²) in [6, 6.07) is 78.5. The van der Waals surface area contributed by atoms with E-state index in [9.17, 15) is 0 Å². The molecule has 0 aliphatic heterocycles. The van der Waals surface area contributed by atoms with Crippen molar-refractivity contribution in [1.82, 2.24) is 9.97 Å². The minimum absolute atomic E-state index is 0.669. The van der Waals surface area contributed by atoms with Gasteiger partial charge in [-0.05, 0) is 82.2 Å². The maximum Gasteiger partial charge on any atom is 0.161 e. The number of para-hydroxylation sites is 1.